The summed E-state index contributed by atoms with van der Waals surface area (Å²) in [4.78, 5) is 12.4. The summed E-state index contributed by atoms with van der Waals surface area (Å²) in [6.45, 7) is 8.33. The Balaban J connectivity index is 2.03. The maximum absolute atomic E-state index is 12.4. The molecule has 1 aliphatic carbocycles. The van der Waals surface area contributed by atoms with Crippen LogP contribution in [0, 0.1) is 13.8 Å². The molecule has 0 saturated carbocycles. The summed E-state index contributed by atoms with van der Waals surface area (Å²) in [5, 5.41) is 10.2. The number of anilines is 2. The summed E-state index contributed by atoms with van der Waals surface area (Å²) < 4.78 is 0. The van der Waals surface area contributed by atoms with Gasteiger partial charge in [-0.05, 0) is 82.8 Å². The Bertz CT molecular complexity index is 1470. The molecule has 0 fully saturated rings. The first kappa shape index (κ1) is 23.7. The van der Waals surface area contributed by atoms with Crippen molar-refractivity contribution >= 4 is 17.3 Å². The van der Waals surface area contributed by atoms with E-state index in [4.69, 9.17) is 11.5 Å². The zero-order valence-corrected chi connectivity index (χ0v) is 21.3. The standard InChI is InChI=1S/C32H32N2O2/c1-5-20-16-22(14-18(3)29(20)33)32(23-15-19(4)30(34)21(6-2)17-23)26-12-8-7-10-24(26)28-25(31(35)36)11-9-13-27(28)32/h7-17H,5-6,33-34H2,1-4H3,(H,35,36). The highest BCUT2D eigenvalue weighted by Gasteiger charge is 2.48. The number of hydrogen-bond donors (Lipinski definition) is 3. The summed E-state index contributed by atoms with van der Waals surface area (Å²) in [5.74, 6) is -0.928. The number of carbonyl (C=O) groups is 1. The quantitative estimate of drug-likeness (QED) is 0.248. The van der Waals surface area contributed by atoms with E-state index in [0.717, 1.165) is 79.9 Å². The zero-order chi connectivity index (χ0) is 25.8. The van der Waals surface area contributed by atoms with E-state index in [1.807, 2.05) is 38.1 Å². The van der Waals surface area contributed by atoms with E-state index in [1.54, 1.807) is 6.07 Å². The number of aryl methyl sites for hydroxylation is 4. The maximum atomic E-state index is 12.4. The molecule has 1 aliphatic rings. The average molecular weight is 477 g/mol. The first-order valence-electron chi connectivity index (χ1n) is 12.5. The molecular formula is C32H32N2O2. The van der Waals surface area contributed by atoms with Gasteiger partial charge in [0.05, 0.1) is 11.0 Å². The molecule has 0 spiro atoms. The van der Waals surface area contributed by atoms with Crippen LogP contribution < -0.4 is 11.5 Å². The van der Waals surface area contributed by atoms with E-state index in [2.05, 4.69) is 50.2 Å². The molecule has 0 aromatic heterocycles. The second-order valence-corrected chi connectivity index (χ2v) is 9.77. The van der Waals surface area contributed by atoms with Crippen molar-refractivity contribution in [2.45, 2.75) is 46.0 Å². The lowest BCUT2D eigenvalue weighted by Gasteiger charge is -2.35. The zero-order valence-electron chi connectivity index (χ0n) is 21.3. The number of rotatable bonds is 5. The van der Waals surface area contributed by atoms with Crippen LogP contribution in [0.1, 0.15) is 68.7 Å². The molecule has 0 saturated heterocycles. The number of aromatic carboxylic acids is 1. The Morgan fingerprint density at radius 3 is 1.83 bits per heavy atom. The van der Waals surface area contributed by atoms with Crippen molar-refractivity contribution in [3.05, 3.63) is 117 Å². The van der Waals surface area contributed by atoms with E-state index in [1.165, 1.54) is 0 Å². The minimum absolute atomic E-state index is 0.313. The Labute approximate surface area is 212 Å². The minimum atomic E-state index is -0.928. The summed E-state index contributed by atoms with van der Waals surface area (Å²) in [6, 6.07) is 22.6. The van der Waals surface area contributed by atoms with E-state index < -0.39 is 11.4 Å². The Kier molecular flexibility index (Phi) is 5.63. The fourth-order valence-electron chi connectivity index (χ4n) is 6.06. The van der Waals surface area contributed by atoms with Crippen LogP contribution in [0.15, 0.2) is 66.7 Å². The number of nitrogen functional groups attached to an aromatic ring is 2. The van der Waals surface area contributed by atoms with Crippen LogP contribution in [-0.2, 0) is 18.3 Å². The van der Waals surface area contributed by atoms with Crippen molar-refractivity contribution < 1.29 is 9.90 Å². The second kappa shape index (κ2) is 8.56. The van der Waals surface area contributed by atoms with Crippen LogP contribution in [0.2, 0.25) is 0 Å². The van der Waals surface area contributed by atoms with Crippen LogP contribution in [0.25, 0.3) is 11.1 Å². The average Bonchev–Trinajstić information content (AvgIpc) is 3.18. The molecule has 4 aromatic carbocycles. The first-order valence-corrected chi connectivity index (χ1v) is 12.5. The summed E-state index contributed by atoms with van der Waals surface area (Å²) >= 11 is 0. The summed E-state index contributed by atoms with van der Waals surface area (Å²) in [6.07, 6.45) is 1.61. The van der Waals surface area contributed by atoms with E-state index >= 15 is 0 Å². The fraction of sp³-hybridized carbons (Fsp3) is 0.219. The van der Waals surface area contributed by atoms with Crippen molar-refractivity contribution in [3.63, 3.8) is 0 Å². The predicted molar refractivity (Wildman–Crippen MR) is 148 cm³/mol. The molecule has 0 atom stereocenters. The Hall–Kier alpha value is -4.05. The highest BCUT2D eigenvalue weighted by atomic mass is 16.4. The lowest BCUT2D eigenvalue weighted by atomic mass is 9.66. The third-order valence-electron chi connectivity index (χ3n) is 7.87. The third-order valence-corrected chi connectivity index (χ3v) is 7.87. The van der Waals surface area contributed by atoms with E-state index in [-0.39, 0.29) is 0 Å². The van der Waals surface area contributed by atoms with Crippen molar-refractivity contribution in [2.75, 3.05) is 11.5 Å². The number of fused-ring (bicyclic) bond motifs is 3. The minimum Gasteiger partial charge on any atom is -0.478 e. The van der Waals surface area contributed by atoms with Crippen LogP contribution >= 0.6 is 0 Å². The SMILES string of the molecule is CCc1cc(C2(c3cc(C)c(N)c(CC)c3)c3ccccc3-c3c(C(=O)O)cccc32)cc(C)c1N. The van der Waals surface area contributed by atoms with Gasteiger partial charge in [0.1, 0.15) is 0 Å². The Morgan fingerprint density at radius 1 is 0.778 bits per heavy atom. The van der Waals surface area contributed by atoms with E-state index in [9.17, 15) is 9.90 Å². The molecular weight excluding hydrogens is 444 g/mol. The van der Waals surface area contributed by atoms with Crippen LogP contribution in [0.5, 0.6) is 0 Å². The summed E-state index contributed by atoms with van der Waals surface area (Å²) in [7, 11) is 0. The van der Waals surface area contributed by atoms with Crippen LogP contribution in [0.4, 0.5) is 11.4 Å². The molecule has 4 heteroatoms. The molecule has 0 aliphatic heterocycles. The number of benzene rings is 4. The smallest absolute Gasteiger partial charge is 0.336 e. The van der Waals surface area contributed by atoms with Crippen LogP contribution in [-0.4, -0.2) is 11.1 Å². The van der Waals surface area contributed by atoms with Gasteiger partial charge in [0.15, 0.2) is 0 Å². The molecule has 0 radical (unpaired) electrons. The lowest BCUT2D eigenvalue weighted by molar-refractivity contribution is 0.0697. The van der Waals surface area contributed by atoms with Crippen molar-refractivity contribution in [2.24, 2.45) is 0 Å². The molecule has 0 bridgehead atoms. The largest absolute Gasteiger partial charge is 0.478 e. The predicted octanol–water partition coefficient (Wildman–Crippen LogP) is 6.65. The van der Waals surface area contributed by atoms with Gasteiger partial charge in [-0.1, -0.05) is 74.5 Å². The first-order chi connectivity index (χ1) is 17.2. The molecule has 5 N–H and O–H groups in total. The molecule has 0 unspecified atom stereocenters. The van der Waals surface area contributed by atoms with Gasteiger partial charge in [-0.3, -0.25) is 0 Å². The lowest BCUT2D eigenvalue weighted by Crippen LogP contribution is -2.30. The van der Waals surface area contributed by atoms with Crippen molar-refractivity contribution in [3.8, 4) is 11.1 Å². The number of nitrogens with two attached hydrogens (primary N) is 2. The molecule has 4 aromatic rings. The highest BCUT2D eigenvalue weighted by molar-refractivity contribution is 6.01. The van der Waals surface area contributed by atoms with Gasteiger partial charge in [-0.25, -0.2) is 4.79 Å². The van der Waals surface area contributed by atoms with Gasteiger partial charge < -0.3 is 16.6 Å². The molecule has 0 amide bonds. The van der Waals surface area contributed by atoms with Gasteiger partial charge in [-0.15, -0.1) is 0 Å². The number of carboxylic acids is 1. The molecule has 0 heterocycles. The third kappa shape index (κ3) is 3.17. The maximum Gasteiger partial charge on any atom is 0.336 e. The number of carboxylic acid groups (broad SMARTS) is 1. The summed E-state index contributed by atoms with van der Waals surface area (Å²) in [5.41, 5.74) is 24.4. The molecule has 4 nitrogen and oxygen atoms in total. The molecule has 5 rings (SSSR count). The van der Waals surface area contributed by atoms with Gasteiger partial charge in [0.2, 0.25) is 0 Å². The monoisotopic (exact) mass is 476 g/mol. The fourth-order valence-corrected chi connectivity index (χ4v) is 6.06. The van der Waals surface area contributed by atoms with Gasteiger partial charge >= 0.3 is 5.97 Å². The van der Waals surface area contributed by atoms with E-state index in [0.29, 0.717) is 5.56 Å². The van der Waals surface area contributed by atoms with Crippen molar-refractivity contribution in [1.82, 2.24) is 0 Å². The number of hydrogen-bond acceptors (Lipinski definition) is 3. The Morgan fingerprint density at radius 2 is 1.31 bits per heavy atom. The van der Waals surface area contributed by atoms with Crippen molar-refractivity contribution in [1.29, 1.82) is 0 Å². The topological polar surface area (TPSA) is 89.3 Å². The molecule has 182 valence electrons. The molecule has 36 heavy (non-hydrogen) atoms. The second-order valence-electron chi connectivity index (χ2n) is 9.77. The van der Waals surface area contributed by atoms with Crippen LogP contribution in [0.3, 0.4) is 0 Å². The normalized spacial score (nSPS) is 13.3. The van der Waals surface area contributed by atoms with Gasteiger partial charge in [0, 0.05) is 16.9 Å². The van der Waals surface area contributed by atoms with Gasteiger partial charge in [0.25, 0.3) is 0 Å². The highest BCUT2D eigenvalue weighted by Crippen LogP contribution is 2.57. The van der Waals surface area contributed by atoms with Gasteiger partial charge in [-0.2, -0.15) is 0 Å².